The molecule has 1 aromatic heterocycles. The van der Waals surface area contributed by atoms with Gasteiger partial charge in [-0.2, -0.15) is 0 Å². The number of rotatable bonds is 5. The standard InChI is InChI=1S/C18H22N2O4/c1-24-10-9-19-12-15(14-6-2-3-7-16(14)19)17(21)20-8-4-5-13(11-20)18(22)23/h2-3,6-7,12-13H,4-5,8-11H2,1H3,(H,22,23)/t13-/m1/s1. The SMILES string of the molecule is COCCn1cc(C(=O)N2CCC[C@@H](C(=O)O)C2)c2ccccc21. The molecule has 2 aromatic rings. The van der Waals surface area contributed by atoms with E-state index >= 15 is 0 Å². The van der Waals surface area contributed by atoms with Crippen molar-refractivity contribution in [2.75, 3.05) is 26.8 Å². The lowest BCUT2D eigenvalue weighted by Crippen LogP contribution is -2.42. The molecule has 6 heteroatoms. The average molecular weight is 330 g/mol. The Balaban J connectivity index is 1.90. The van der Waals surface area contributed by atoms with E-state index in [2.05, 4.69) is 0 Å². The normalized spacial score (nSPS) is 18.0. The number of likely N-dealkylation sites (tertiary alicyclic amines) is 1. The lowest BCUT2D eigenvalue weighted by atomic mass is 9.97. The number of methoxy groups -OCH3 is 1. The van der Waals surface area contributed by atoms with Gasteiger partial charge in [-0.1, -0.05) is 18.2 Å². The van der Waals surface area contributed by atoms with Crippen LogP contribution < -0.4 is 0 Å². The molecule has 1 aliphatic rings. The van der Waals surface area contributed by atoms with Crippen molar-refractivity contribution in [2.45, 2.75) is 19.4 Å². The van der Waals surface area contributed by atoms with Crippen LogP contribution in [0.3, 0.4) is 0 Å². The molecule has 1 fully saturated rings. The summed E-state index contributed by atoms with van der Waals surface area (Å²) in [6, 6.07) is 7.78. The number of fused-ring (bicyclic) bond motifs is 1. The number of benzene rings is 1. The second-order valence-corrected chi connectivity index (χ2v) is 6.17. The molecule has 6 nitrogen and oxygen atoms in total. The van der Waals surface area contributed by atoms with E-state index in [1.807, 2.05) is 35.0 Å². The third-order valence-corrected chi connectivity index (χ3v) is 4.61. The second-order valence-electron chi connectivity index (χ2n) is 6.17. The van der Waals surface area contributed by atoms with Crippen LogP contribution in [0.25, 0.3) is 10.9 Å². The first kappa shape index (κ1) is 16.5. The number of carboxylic acids is 1. The summed E-state index contributed by atoms with van der Waals surface area (Å²) in [7, 11) is 1.65. The number of amides is 1. The minimum atomic E-state index is -0.824. The van der Waals surface area contributed by atoms with Crippen molar-refractivity contribution in [1.29, 1.82) is 0 Å². The molecule has 0 saturated carbocycles. The Labute approximate surface area is 140 Å². The Morgan fingerprint density at radius 2 is 2.12 bits per heavy atom. The molecule has 24 heavy (non-hydrogen) atoms. The number of piperidine rings is 1. The van der Waals surface area contributed by atoms with Crippen molar-refractivity contribution in [2.24, 2.45) is 5.92 Å². The highest BCUT2D eigenvalue weighted by atomic mass is 16.5. The maximum Gasteiger partial charge on any atom is 0.308 e. The summed E-state index contributed by atoms with van der Waals surface area (Å²) >= 11 is 0. The van der Waals surface area contributed by atoms with Crippen LogP contribution in [0.4, 0.5) is 0 Å². The van der Waals surface area contributed by atoms with Crippen LogP contribution in [0.15, 0.2) is 30.5 Å². The van der Waals surface area contributed by atoms with Gasteiger partial charge in [-0.15, -0.1) is 0 Å². The molecule has 1 amide bonds. The molecule has 1 N–H and O–H groups in total. The lowest BCUT2D eigenvalue weighted by molar-refractivity contribution is -0.143. The number of aromatic nitrogens is 1. The Morgan fingerprint density at radius 1 is 1.33 bits per heavy atom. The molecule has 0 unspecified atom stereocenters. The molecule has 1 atom stereocenters. The van der Waals surface area contributed by atoms with Crippen molar-refractivity contribution in [3.05, 3.63) is 36.0 Å². The fraction of sp³-hybridized carbons (Fsp3) is 0.444. The van der Waals surface area contributed by atoms with Gasteiger partial charge in [-0.05, 0) is 18.9 Å². The van der Waals surface area contributed by atoms with Gasteiger partial charge in [0.05, 0.1) is 18.1 Å². The number of hydrogen-bond acceptors (Lipinski definition) is 3. The third kappa shape index (κ3) is 3.14. The van der Waals surface area contributed by atoms with Crippen molar-refractivity contribution in [3.8, 4) is 0 Å². The molecule has 128 valence electrons. The number of carboxylic acid groups (broad SMARTS) is 1. The van der Waals surface area contributed by atoms with Crippen molar-refractivity contribution in [1.82, 2.24) is 9.47 Å². The Morgan fingerprint density at radius 3 is 2.88 bits per heavy atom. The number of para-hydroxylation sites is 1. The molecule has 2 heterocycles. The van der Waals surface area contributed by atoms with Crippen molar-refractivity contribution in [3.63, 3.8) is 0 Å². The average Bonchev–Trinajstić information content (AvgIpc) is 2.98. The smallest absolute Gasteiger partial charge is 0.308 e. The number of hydrogen-bond donors (Lipinski definition) is 1. The van der Waals surface area contributed by atoms with E-state index in [1.54, 1.807) is 12.0 Å². The Hall–Kier alpha value is -2.34. The zero-order chi connectivity index (χ0) is 17.1. The van der Waals surface area contributed by atoms with Gasteiger partial charge in [0.25, 0.3) is 5.91 Å². The quantitative estimate of drug-likeness (QED) is 0.912. The molecule has 0 bridgehead atoms. The minimum absolute atomic E-state index is 0.0895. The Kier molecular flexibility index (Phi) is 4.85. The summed E-state index contributed by atoms with van der Waals surface area (Å²) in [5.41, 5.74) is 1.62. The maximum atomic E-state index is 13.0. The number of carbonyl (C=O) groups excluding carboxylic acids is 1. The summed E-state index contributed by atoms with van der Waals surface area (Å²) in [6.45, 7) is 2.13. The number of carbonyl (C=O) groups is 2. The van der Waals surface area contributed by atoms with E-state index in [-0.39, 0.29) is 12.5 Å². The van der Waals surface area contributed by atoms with Crippen molar-refractivity contribution >= 4 is 22.8 Å². The van der Waals surface area contributed by atoms with Gasteiger partial charge in [0.2, 0.25) is 0 Å². The maximum absolute atomic E-state index is 13.0. The summed E-state index contributed by atoms with van der Waals surface area (Å²) < 4.78 is 7.16. The number of aliphatic carboxylic acids is 1. The molecule has 0 spiro atoms. The van der Waals surface area contributed by atoms with Crippen LogP contribution in [0.2, 0.25) is 0 Å². The lowest BCUT2D eigenvalue weighted by Gasteiger charge is -2.30. The molecular formula is C18H22N2O4. The fourth-order valence-corrected chi connectivity index (χ4v) is 3.33. The predicted octanol–water partition coefficient (Wildman–Crippen LogP) is 2.22. The molecule has 1 aromatic carbocycles. The highest BCUT2D eigenvalue weighted by Gasteiger charge is 2.29. The van der Waals surface area contributed by atoms with E-state index in [0.29, 0.717) is 31.7 Å². The van der Waals surface area contributed by atoms with Crippen LogP contribution in [0.5, 0.6) is 0 Å². The predicted molar refractivity (Wildman–Crippen MR) is 90.1 cm³/mol. The molecular weight excluding hydrogens is 308 g/mol. The van der Waals surface area contributed by atoms with Gasteiger partial charge < -0.3 is 19.3 Å². The molecule has 0 radical (unpaired) electrons. The largest absolute Gasteiger partial charge is 0.481 e. The van der Waals surface area contributed by atoms with Crippen LogP contribution in [0.1, 0.15) is 23.2 Å². The van der Waals surface area contributed by atoms with Gasteiger partial charge in [-0.3, -0.25) is 9.59 Å². The van der Waals surface area contributed by atoms with Gasteiger partial charge in [-0.25, -0.2) is 0 Å². The zero-order valence-corrected chi connectivity index (χ0v) is 13.8. The second kappa shape index (κ2) is 7.05. The van der Waals surface area contributed by atoms with Gasteiger partial charge in [0, 0.05) is 43.8 Å². The van der Waals surface area contributed by atoms with Crippen LogP contribution in [-0.2, 0) is 16.1 Å². The van der Waals surface area contributed by atoms with Crippen LogP contribution >= 0.6 is 0 Å². The van der Waals surface area contributed by atoms with Gasteiger partial charge in [0.1, 0.15) is 0 Å². The third-order valence-electron chi connectivity index (χ3n) is 4.61. The number of ether oxygens (including phenoxy) is 1. The van der Waals surface area contributed by atoms with E-state index in [1.165, 1.54) is 0 Å². The minimum Gasteiger partial charge on any atom is -0.481 e. The molecule has 1 saturated heterocycles. The monoisotopic (exact) mass is 330 g/mol. The fourth-order valence-electron chi connectivity index (χ4n) is 3.33. The van der Waals surface area contributed by atoms with E-state index in [9.17, 15) is 14.7 Å². The summed E-state index contributed by atoms with van der Waals surface area (Å²) in [6.07, 6.45) is 3.22. The van der Waals surface area contributed by atoms with Crippen LogP contribution in [-0.4, -0.2) is 53.3 Å². The molecule has 0 aliphatic carbocycles. The first-order valence-corrected chi connectivity index (χ1v) is 8.20. The zero-order valence-electron chi connectivity index (χ0n) is 13.8. The highest BCUT2D eigenvalue weighted by molar-refractivity contribution is 6.07. The number of nitrogens with zero attached hydrogens (tertiary/aromatic N) is 2. The Bertz CT molecular complexity index is 753. The van der Waals surface area contributed by atoms with Crippen LogP contribution in [0, 0.1) is 5.92 Å². The topological polar surface area (TPSA) is 71.8 Å². The van der Waals surface area contributed by atoms with E-state index < -0.39 is 11.9 Å². The first-order chi connectivity index (χ1) is 11.6. The highest BCUT2D eigenvalue weighted by Crippen LogP contribution is 2.25. The van der Waals surface area contributed by atoms with E-state index in [4.69, 9.17) is 4.74 Å². The summed E-state index contributed by atoms with van der Waals surface area (Å²) in [5, 5.41) is 10.1. The van der Waals surface area contributed by atoms with E-state index in [0.717, 1.165) is 17.3 Å². The molecule has 1 aliphatic heterocycles. The molecule has 3 rings (SSSR count). The van der Waals surface area contributed by atoms with Gasteiger partial charge in [0.15, 0.2) is 0 Å². The van der Waals surface area contributed by atoms with Crippen molar-refractivity contribution < 1.29 is 19.4 Å². The van der Waals surface area contributed by atoms with Gasteiger partial charge >= 0.3 is 5.97 Å². The summed E-state index contributed by atoms with van der Waals surface area (Å²) in [4.78, 5) is 25.9. The first-order valence-electron chi connectivity index (χ1n) is 8.20. The summed E-state index contributed by atoms with van der Waals surface area (Å²) in [5.74, 6) is -1.38.